The number of hydrogen-bond donors (Lipinski definition) is 2. The van der Waals surface area contributed by atoms with Crippen LogP contribution in [-0.2, 0) is 14.3 Å². The predicted molar refractivity (Wildman–Crippen MR) is 104 cm³/mol. The summed E-state index contributed by atoms with van der Waals surface area (Å²) in [5.41, 5.74) is 0.665. The Balaban J connectivity index is 1.75. The Bertz CT molecular complexity index is 720. The molecule has 0 heterocycles. The first-order chi connectivity index (χ1) is 13.1. The van der Waals surface area contributed by atoms with Gasteiger partial charge in [0.25, 0.3) is 0 Å². The number of carbonyl (C=O) groups excluding carboxylic acids is 2. The largest absolute Gasteiger partial charge is 0.457 e. The van der Waals surface area contributed by atoms with Gasteiger partial charge in [-0.15, -0.1) is 0 Å². The molecule has 27 heavy (non-hydrogen) atoms. The molecule has 0 saturated heterocycles. The van der Waals surface area contributed by atoms with Crippen LogP contribution in [0.2, 0.25) is 0 Å². The number of nitrogens with one attached hydrogen (secondary N) is 2. The van der Waals surface area contributed by atoms with E-state index in [1.807, 2.05) is 30.3 Å². The van der Waals surface area contributed by atoms with Crippen LogP contribution in [-0.4, -0.2) is 57.1 Å². The zero-order valence-electron chi connectivity index (χ0n) is 15.6. The monoisotopic (exact) mass is 371 g/mol. The Kier molecular flexibility index (Phi) is 8.28. The minimum atomic E-state index is -0.195. The molecule has 2 rings (SSSR count). The molecule has 0 aliphatic rings. The molecule has 2 aromatic rings. The summed E-state index contributed by atoms with van der Waals surface area (Å²) in [5.74, 6) is 1.09. The summed E-state index contributed by atoms with van der Waals surface area (Å²) < 4.78 is 10.6. The molecule has 2 amide bonds. The Morgan fingerprint density at radius 2 is 1.56 bits per heavy atom. The van der Waals surface area contributed by atoms with Gasteiger partial charge in [0.05, 0.1) is 19.7 Å². The number of amides is 2. The minimum Gasteiger partial charge on any atom is -0.457 e. The van der Waals surface area contributed by atoms with E-state index in [4.69, 9.17) is 9.47 Å². The first-order valence-corrected chi connectivity index (χ1v) is 8.64. The van der Waals surface area contributed by atoms with Crippen LogP contribution in [0.4, 0.5) is 5.69 Å². The van der Waals surface area contributed by atoms with E-state index >= 15 is 0 Å². The fourth-order valence-corrected chi connectivity index (χ4v) is 2.33. The standard InChI is InChI=1S/C20H25N3O4/c1-23(14-19(24)21-12-13-26-2)15-20(25)22-16-8-10-18(11-9-16)27-17-6-4-3-5-7-17/h3-11H,12-15H2,1-2H3,(H,21,24)(H,22,25). The van der Waals surface area contributed by atoms with Gasteiger partial charge in [-0.1, -0.05) is 18.2 Å². The maximum absolute atomic E-state index is 12.1. The Hall–Kier alpha value is -2.90. The molecule has 0 atom stereocenters. The highest BCUT2D eigenvalue weighted by atomic mass is 16.5. The van der Waals surface area contributed by atoms with Crippen molar-refractivity contribution >= 4 is 17.5 Å². The Morgan fingerprint density at radius 3 is 2.22 bits per heavy atom. The van der Waals surface area contributed by atoms with E-state index in [2.05, 4.69) is 10.6 Å². The third kappa shape index (κ3) is 7.89. The van der Waals surface area contributed by atoms with E-state index in [0.29, 0.717) is 24.6 Å². The van der Waals surface area contributed by atoms with Crippen LogP contribution < -0.4 is 15.4 Å². The average molecular weight is 371 g/mol. The molecule has 144 valence electrons. The van der Waals surface area contributed by atoms with Crippen LogP contribution in [0.3, 0.4) is 0 Å². The summed E-state index contributed by atoms with van der Waals surface area (Å²) in [6.45, 7) is 1.16. The fraction of sp³-hybridized carbons (Fsp3) is 0.300. The minimum absolute atomic E-state index is 0.111. The summed E-state index contributed by atoms with van der Waals surface area (Å²) in [6, 6.07) is 16.6. The predicted octanol–water partition coefficient (Wildman–Crippen LogP) is 2.11. The molecule has 0 aliphatic carbocycles. The van der Waals surface area contributed by atoms with E-state index < -0.39 is 0 Å². The SMILES string of the molecule is COCCNC(=O)CN(C)CC(=O)Nc1ccc(Oc2ccccc2)cc1. The number of hydrogen-bond acceptors (Lipinski definition) is 5. The van der Waals surface area contributed by atoms with Crippen LogP contribution in [0.1, 0.15) is 0 Å². The van der Waals surface area contributed by atoms with Gasteiger partial charge in [0.15, 0.2) is 0 Å². The van der Waals surface area contributed by atoms with Gasteiger partial charge in [0.1, 0.15) is 11.5 Å². The second-order valence-electron chi connectivity index (χ2n) is 6.00. The van der Waals surface area contributed by atoms with Crippen molar-refractivity contribution < 1.29 is 19.1 Å². The molecule has 0 saturated carbocycles. The van der Waals surface area contributed by atoms with Crippen molar-refractivity contribution in [2.75, 3.05) is 45.7 Å². The number of ether oxygens (including phenoxy) is 2. The Morgan fingerprint density at radius 1 is 0.926 bits per heavy atom. The van der Waals surface area contributed by atoms with Crippen molar-refractivity contribution in [2.24, 2.45) is 0 Å². The number of nitrogens with zero attached hydrogens (tertiary/aromatic N) is 1. The lowest BCUT2D eigenvalue weighted by molar-refractivity contribution is -0.123. The number of rotatable bonds is 10. The highest BCUT2D eigenvalue weighted by molar-refractivity contribution is 5.92. The molecule has 2 aromatic carbocycles. The van der Waals surface area contributed by atoms with Gasteiger partial charge < -0.3 is 20.1 Å². The molecule has 0 fully saturated rings. The average Bonchev–Trinajstić information content (AvgIpc) is 2.64. The lowest BCUT2D eigenvalue weighted by atomic mass is 10.3. The van der Waals surface area contributed by atoms with E-state index in [1.54, 1.807) is 43.3 Å². The van der Waals surface area contributed by atoms with E-state index in [-0.39, 0.29) is 24.9 Å². The second-order valence-corrected chi connectivity index (χ2v) is 6.00. The summed E-state index contributed by atoms with van der Waals surface area (Å²) >= 11 is 0. The molecular weight excluding hydrogens is 346 g/mol. The number of methoxy groups -OCH3 is 1. The molecule has 0 bridgehead atoms. The summed E-state index contributed by atoms with van der Waals surface area (Å²) in [4.78, 5) is 25.4. The van der Waals surface area contributed by atoms with Crippen LogP contribution >= 0.6 is 0 Å². The molecule has 0 aromatic heterocycles. The zero-order valence-corrected chi connectivity index (χ0v) is 15.6. The highest BCUT2D eigenvalue weighted by Crippen LogP contribution is 2.22. The third-order valence-corrected chi connectivity index (χ3v) is 3.57. The fourth-order valence-electron chi connectivity index (χ4n) is 2.33. The van der Waals surface area contributed by atoms with Gasteiger partial charge in [0.2, 0.25) is 11.8 Å². The van der Waals surface area contributed by atoms with Crippen molar-refractivity contribution in [1.29, 1.82) is 0 Å². The molecule has 0 spiro atoms. The number of benzene rings is 2. The molecule has 0 aliphatic heterocycles. The topological polar surface area (TPSA) is 79.9 Å². The van der Waals surface area contributed by atoms with Gasteiger partial charge in [-0.25, -0.2) is 0 Å². The van der Waals surface area contributed by atoms with Gasteiger partial charge in [-0.2, -0.15) is 0 Å². The molecule has 0 radical (unpaired) electrons. The van der Waals surface area contributed by atoms with Gasteiger partial charge in [0, 0.05) is 19.3 Å². The number of carbonyl (C=O) groups is 2. The number of para-hydroxylation sites is 1. The van der Waals surface area contributed by atoms with Crippen molar-refractivity contribution in [3.8, 4) is 11.5 Å². The number of likely N-dealkylation sites (N-methyl/N-ethyl adjacent to an activating group) is 1. The molecule has 0 unspecified atom stereocenters. The smallest absolute Gasteiger partial charge is 0.238 e. The van der Waals surface area contributed by atoms with Crippen molar-refractivity contribution in [3.05, 3.63) is 54.6 Å². The van der Waals surface area contributed by atoms with E-state index in [0.717, 1.165) is 5.75 Å². The third-order valence-electron chi connectivity index (χ3n) is 3.57. The maximum Gasteiger partial charge on any atom is 0.238 e. The maximum atomic E-state index is 12.1. The van der Waals surface area contributed by atoms with Gasteiger partial charge >= 0.3 is 0 Å². The van der Waals surface area contributed by atoms with E-state index in [1.165, 1.54) is 0 Å². The molecule has 7 heteroatoms. The quantitative estimate of drug-likeness (QED) is 0.626. The summed E-state index contributed by atoms with van der Waals surface area (Å²) in [5, 5.41) is 5.51. The van der Waals surface area contributed by atoms with Crippen LogP contribution in [0, 0.1) is 0 Å². The zero-order chi connectivity index (χ0) is 19.5. The second kappa shape index (κ2) is 10.9. The molecule has 2 N–H and O–H groups in total. The van der Waals surface area contributed by atoms with Gasteiger partial charge in [-0.3, -0.25) is 14.5 Å². The summed E-state index contributed by atoms with van der Waals surface area (Å²) in [6.07, 6.45) is 0. The highest BCUT2D eigenvalue weighted by Gasteiger charge is 2.11. The van der Waals surface area contributed by atoms with Crippen LogP contribution in [0.15, 0.2) is 54.6 Å². The normalized spacial score (nSPS) is 10.5. The Labute approximate surface area is 159 Å². The first kappa shape index (κ1) is 20.4. The molecule has 7 nitrogen and oxygen atoms in total. The molecular formula is C20H25N3O4. The van der Waals surface area contributed by atoms with Crippen molar-refractivity contribution in [3.63, 3.8) is 0 Å². The van der Waals surface area contributed by atoms with Crippen molar-refractivity contribution in [2.45, 2.75) is 0 Å². The van der Waals surface area contributed by atoms with Crippen LogP contribution in [0.25, 0.3) is 0 Å². The summed E-state index contributed by atoms with van der Waals surface area (Å²) in [7, 11) is 3.29. The van der Waals surface area contributed by atoms with Crippen LogP contribution in [0.5, 0.6) is 11.5 Å². The lowest BCUT2D eigenvalue weighted by Crippen LogP contribution is -2.39. The van der Waals surface area contributed by atoms with Crippen molar-refractivity contribution in [1.82, 2.24) is 10.2 Å². The first-order valence-electron chi connectivity index (χ1n) is 8.64. The van der Waals surface area contributed by atoms with Gasteiger partial charge in [-0.05, 0) is 43.4 Å². The number of anilines is 1. The lowest BCUT2D eigenvalue weighted by Gasteiger charge is -2.16. The van der Waals surface area contributed by atoms with E-state index in [9.17, 15) is 9.59 Å².